The molecule has 1 unspecified atom stereocenters. The van der Waals surface area contributed by atoms with Crippen LogP contribution in [-0.2, 0) is 9.59 Å². The molecule has 1 N–H and O–H groups in total. The van der Waals surface area contributed by atoms with Crippen molar-refractivity contribution in [1.29, 1.82) is 5.26 Å². The van der Waals surface area contributed by atoms with Gasteiger partial charge in [-0.3, -0.25) is 9.59 Å². The molecule has 1 aliphatic rings. The van der Waals surface area contributed by atoms with Crippen LogP contribution < -0.4 is 10.2 Å². The maximum atomic E-state index is 12.5. The van der Waals surface area contributed by atoms with Crippen LogP contribution in [0.3, 0.4) is 0 Å². The lowest BCUT2D eigenvalue weighted by Gasteiger charge is -2.18. The van der Waals surface area contributed by atoms with Crippen LogP contribution in [0.1, 0.15) is 12.0 Å². The van der Waals surface area contributed by atoms with Crippen LogP contribution in [0, 0.1) is 17.2 Å². The fourth-order valence-corrected chi connectivity index (χ4v) is 3.10. The Kier molecular flexibility index (Phi) is 4.63. The number of nitrogens with one attached hydrogen (secondary N) is 1. The van der Waals surface area contributed by atoms with Gasteiger partial charge in [0.15, 0.2) is 0 Å². The second-order valence-corrected chi connectivity index (χ2v) is 6.36. The number of nitriles is 1. The number of benzene rings is 2. The lowest BCUT2D eigenvalue weighted by molar-refractivity contribution is -0.122. The average Bonchev–Trinajstić information content (AvgIpc) is 2.98. The summed E-state index contributed by atoms with van der Waals surface area (Å²) < 4.78 is 0.786. The van der Waals surface area contributed by atoms with Crippen molar-refractivity contribution in [3.8, 4) is 6.07 Å². The summed E-state index contributed by atoms with van der Waals surface area (Å²) in [5.41, 5.74) is 1.66. The van der Waals surface area contributed by atoms with Crippen LogP contribution in [-0.4, -0.2) is 18.4 Å². The Hall–Kier alpha value is -2.65. The van der Waals surface area contributed by atoms with E-state index in [1.165, 1.54) is 4.90 Å². The van der Waals surface area contributed by atoms with Gasteiger partial charge in [-0.25, -0.2) is 0 Å². The summed E-state index contributed by atoms with van der Waals surface area (Å²) in [5.74, 6) is -0.798. The van der Waals surface area contributed by atoms with Crippen molar-refractivity contribution in [2.75, 3.05) is 16.8 Å². The largest absolute Gasteiger partial charge is 0.325 e. The van der Waals surface area contributed by atoms with Crippen LogP contribution >= 0.6 is 15.9 Å². The van der Waals surface area contributed by atoms with Crippen molar-refractivity contribution < 1.29 is 9.59 Å². The third-order valence-electron chi connectivity index (χ3n) is 3.94. The summed E-state index contributed by atoms with van der Waals surface area (Å²) in [4.78, 5) is 26.3. The lowest BCUT2D eigenvalue weighted by atomic mass is 10.1. The summed E-state index contributed by atoms with van der Waals surface area (Å²) in [6, 6.07) is 16.3. The zero-order valence-corrected chi connectivity index (χ0v) is 14.3. The molecule has 0 saturated carbocycles. The van der Waals surface area contributed by atoms with E-state index in [9.17, 15) is 14.9 Å². The van der Waals surface area contributed by atoms with Crippen molar-refractivity contribution in [1.82, 2.24) is 0 Å². The standard InChI is InChI=1S/C18H14BrN3O2/c19-14-6-2-3-7-15(14)21-18(24)13-9-17(23)22(11-13)16-8-4-1-5-12(16)10-20/h1-8,13H,9,11H2,(H,21,24). The van der Waals surface area contributed by atoms with Gasteiger partial charge in [0.05, 0.1) is 22.9 Å². The first kappa shape index (κ1) is 16.2. The highest BCUT2D eigenvalue weighted by Crippen LogP contribution is 2.29. The average molecular weight is 384 g/mol. The predicted octanol–water partition coefficient (Wildman–Crippen LogP) is 3.31. The fourth-order valence-electron chi connectivity index (χ4n) is 2.72. The van der Waals surface area contributed by atoms with Crippen molar-refractivity contribution in [3.63, 3.8) is 0 Å². The van der Waals surface area contributed by atoms with Gasteiger partial charge in [0.25, 0.3) is 0 Å². The number of halogens is 1. The number of rotatable bonds is 3. The van der Waals surface area contributed by atoms with Crippen LogP contribution in [0.2, 0.25) is 0 Å². The van der Waals surface area contributed by atoms with Crippen molar-refractivity contribution >= 4 is 39.1 Å². The predicted molar refractivity (Wildman–Crippen MR) is 94.4 cm³/mol. The maximum absolute atomic E-state index is 12.5. The van der Waals surface area contributed by atoms with E-state index in [2.05, 4.69) is 27.3 Å². The van der Waals surface area contributed by atoms with Crippen molar-refractivity contribution in [2.24, 2.45) is 5.92 Å². The van der Waals surface area contributed by atoms with E-state index in [1.54, 1.807) is 30.3 Å². The Morgan fingerprint density at radius 3 is 2.67 bits per heavy atom. The van der Waals surface area contributed by atoms with Gasteiger partial charge in [-0.15, -0.1) is 0 Å². The molecule has 1 fully saturated rings. The molecule has 1 aliphatic heterocycles. The van der Waals surface area contributed by atoms with Crippen LogP contribution in [0.5, 0.6) is 0 Å². The molecule has 0 spiro atoms. The SMILES string of the molecule is N#Cc1ccccc1N1CC(C(=O)Nc2ccccc2Br)CC1=O. The van der Waals surface area contributed by atoms with E-state index in [0.29, 0.717) is 16.9 Å². The van der Waals surface area contributed by atoms with Gasteiger partial charge in [0, 0.05) is 17.4 Å². The molecule has 0 bridgehead atoms. The van der Waals surface area contributed by atoms with Gasteiger partial charge in [-0.05, 0) is 40.2 Å². The molecule has 0 aliphatic carbocycles. The van der Waals surface area contributed by atoms with E-state index in [-0.39, 0.29) is 24.8 Å². The van der Waals surface area contributed by atoms with Gasteiger partial charge in [0.1, 0.15) is 6.07 Å². The number of hydrogen-bond acceptors (Lipinski definition) is 3. The monoisotopic (exact) mass is 383 g/mol. The van der Waals surface area contributed by atoms with Gasteiger partial charge in [0.2, 0.25) is 11.8 Å². The molecule has 2 aromatic rings. The number of carbonyl (C=O) groups is 2. The Labute approximate surface area is 148 Å². The molecule has 2 aromatic carbocycles. The Morgan fingerprint density at radius 1 is 1.21 bits per heavy atom. The highest BCUT2D eigenvalue weighted by molar-refractivity contribution is 9.10. The highest BCUT2D eigenvalue weighted by Gasteiger charge is 2.36. The van der Waals surface area contributed by atoms with Crippen LogP contribution in [0.4, 0.5) is 11.4 Å². The van der Waals surface area contributed by atoms with Crippen LogP contribution in [0.25, 0.3) is 0 Å². The molecule has 1 atom stereocenters. The van der Waals surface area contributed by atoms with E-state index in [4.69, 9.17) is 0 Å². The highest BCUT2D eigenvalue weighted by atomic mass is 79.9. The molecule has 2 amide bonds. The number of carbonyl (C=O) groups excluding carboxylic acids is 2. The van der Waals surface area contributed by atoms with E-state index < -0.39 is 5.92 Å². The summed E-state index contributed by atoms with van der Waals surface area (Å²) in [6.45, 7) is 0.272. The number of amides is 2. The molecule has 6 heteroatoms. The number of anilines is 2. The molecular formula is C18H14BrN3O2. The van der Waals surface area contributed by atoms with E-state index in [1.807, 2.05) is 18.2 Å². The van der Waals surface area contributed by atoms with E-state index >= 15 is 0 Å². The van der Waals surface area contributed by atoms with Gasteiger partial charge in [-0.2, -0.15) is 5.26 Å². The maximum Gasteiger partial charge on any atom is 0.229 e. The third kappa shape index (κ3) is 3.17. The Bertz CT molecular complexity index is 844. The topological polar surface area (TPSA) is 73.2 Å². The molecule has 3 rings (SSSR count). The molecule has 24 heavy (non-hydrogen) atoms. The molecule has 1 heterocycles. The van der Waals surface area contributed by atoms with Crippen LogP contribution in [0.15, 0.2) is 53.0 Å². The molecule has 0 aromatic heterocycles. The smallest absolute Gasteiger partial charge is 0.229 e. The number of hydrogen-bond donors (Lipinski definition) is 1. The second kappa shape index (κ2) is 6.85. The van der Waals surface area contributed by atoms with Gasteiger partial charge in [-0.1, -0.05) is 24.3 Å². The minimum atomic E-state index is -0.448. The number of nitrogens with zero attached hydrogens (tertiary/aromatic N) is 2. The quantitative estimate of drug-likeness (QED) is 0.883. The number of para-hydroxylation sites is 2. The summed E-state index contributed by atoms with van der Waals surface area (Å²) >= 11 is 3.38. The summed E-state index contributed by atoms with van der Waals surface area (Å²) in [6.07, 6.45) is 0.135. The normalized spacial score (nSPS) is 16.8. The van der Waals surface area contributed by atoms with E-state index in [0.717, 1.165) is 4.47 Å². The molecule has 5 nitrogen and oxygen atoms in total. The third-order valence-corrected chi connectivity index (χ3v) is 4.63. The summed E-state index contributed by atoms with van der Waals surface area (Å²) in [5, 5.41) is 12.0. The Morgan fingerprint density at radius 2 is 1.92 bits per heavy atom. The molecule has 0 radical (unpaired) electrons. The van der Waals surface area contributed by atoms with Crippen molar-refractivity contribution in [3.05, 3.63) is 58.6 Å². The fraction of sp³-hybridized carbons (Fsp3) is 0.167. The Balaban J connectivity index is 1.76. The first-order chi connectivity index (χ1) is 11.6. The molecule has 1 saturated heterocycles. The first-order valence-corrected chi connectivity index (χ1v) is 8.24. The van der Waals surface area contributed by atoms with Gasteiger partial charge < -0.3 is 10.2 Å². The zero-order valence-electron chi connectivity index (χ0n) is 12.7. The summed E-state index contributed by atoms with van der Waals surface area (Å²) in [7, 11) is 0. The second-order valence-electron chi connectivity index (χ2n) is 5.50. The molecule has 120 valence electrons. The van der Waals surface area contributed by atoms with Crippen molar-refractivity contribution in [2.45, 2.75) is 6.42 Å². The lowest BCUT2D eigenvalue weighted by Crippen LogP contribution is -2.28. The molecular weight excluding hydrogens is 370 g/mol. The first-order valence-electron chi connectivity index (χ1n) is 7.45. The van der Waals surface area contributed by atoms with Gasteiger partial charge >= 0.3 is 0 Å². The minimum absolute atomic E-state index is 0.135. The zero-order chi connectivity index (χ0) is 17.1. The minimum Gasteiger partial charge on any atom is -0.325 e.